The van der Waals surface area contributed by atoms with Crippen molar-refractivity contribution in [3.63, 3.8) is 0 Å². The molecule has 2 atom stereocenters. The molecule has 0 saturated heterocycles. The molecule has 0 saturated carbocycles. The molecule has 2 aliphatic heterocycles. The van der Waals surface area contributed by atoms with Crippen LogP contribution in [0.1, 0.15) is 22.1 Å². The minimum atomic E-state index is -1.86. The van der Waals surface area contributed by atoms with Crippen molar-refractivity contribution in [2.45, 2.75) is 19.2 Å². The molecule has 0 radical (unpaired) electrons. The van der Waals surface area contributed by atoms with Gasteiger partial charge in [-0.3, -0.25) is 24.3 Å². The topological polar surface area (TPSA) is 262 Å². The van der Waals surface area contributed by atoms with Crippen LogP contribution in [-0.2, 0) is 20.8 Å². The van der Waals surface area contributed by atoms with Gasteiger partial charge >= 0.3 is 30.3 Å². The molecule has 3 aromatic carbocycles. The zero-order valence-electron chi connectivity index (χ0n) is 30.8. The Morgan fingerprint density at radius 3 is 1.91 bits per heavy atom. The van der Waals surface area contributed by atoms with Crippen molar-refractivity contribution >= 4 is 41.4 Å². The van der Waals surface area contributed by atoms with Gasteiger partial charge in [-0.05, 0) is 30.3 Å². The summed E-state index contributed by atoms with van der Waals surface area (Å²) in [5, 5.41) is 22.0. The zero-order chi connectivity index (χ0) is 41.7. The number of aromatic nitrogens is 1. The highest BCUT2D eigenvalue weighted by molar-refractivity contribution is 5.99. The Labute approximate surface area is 325 Å². The second kappa shape index (κ2) is 17.3. The van der Waals surface area contributed by atoms with Crippen LogP contribution in [0.4, 0.5) is 19.2 Å². The highest BCUT2D eigenvalue weighted by atomic mass is 16.7. The molecular formula is C36H34N4O18. The number of carbonyl (C=O) groups is 5. The number of methoxy groups -OCH3 is 3. The Kier molecular flexibility index (Phi) is 12.1. The summed E-state index contributed by atoms with van der Waals surface area (Å²) in [6, 6.07) is 12.4. The van der Waals surface area contributed by atoms with Gasteiger partial charge in [0, 0.05) is 44.8 Å². The third-order valence-corrected chi connectivity index (χ3v) is 8.86. The van der Waals surface area contributed by atoms with Crippen molar-refractivity contribution in [2.24, 2.45) is 0 Å². The normalized spacial score (nSPS) is 15.8. The van der Waals surface area contributed by atoms with Crippen LogP contribution in [0.25, 0.3) is 11.0 Å². The predicted molar refractivity (Wildman–Crippen MR) is 191 cm³/mol. The van der Waals surface area contributed by atoms with E-state index in [1.54, 1.807) is 4.90 Å². The maximum atomic E-state index is 13.6. The third kappa shape index (κ3) is 8.33. The van der Waals surface area contributed by atoms with Gasteiger partial charge in [-0.15, -0.1) is 0 Å². The van der Waals surface area contributed by atoms with Crippen molar-refractivity contribution in [1.29, 1.82) is 0 Å². The lowest BCUT2D eigenvalue weighted by atomic mass is 10.1. The van der Waals surface area contributed by atoms with Gasteiger partial charge < -0.3 is 52.5 Å². The van der Waals surface area contributed by atoms with Gasteiger partial charge in [0.2, 0.25) is 0 Å². The molecular weight excluding hydrogens is 776 g/mol. The van der Waals surface area contributed by atoms with E-state index in [1.807, 2.05) is 0 Å². The summed E-state index contributed by atoms with van der Waals surface area (Å²) in [4.78, 5) is 92.2. The number of nitrogens with zero attached hydrogens (tertiary/aromatic N) is 4. The molecule has 1 aromatic heterocycles. The fraction of sp³-hybridized carbons (Fsp3) is 0.306. The molecule has 6 rings (SSSR count). The number of fused-ring (bicyclic) bond motifs is 3. The van der Waals surface area contributed by atoms with Gasteiger partial charge in [0.25, 0.3) is 17.9 Å². The first-order valence-electron chi connectivity index (χ1n) is 17.1. The number of aliphatic hydroxyl groups excluding tert-OH is 2. The number of aliphatic hydroxyl groups is 2. The SMILES string of the molecule is COC(=O)Oc1cccc2c1OC(O)N(CCN(CCN1C(=O)Oc3c(OC(=O)OC)cccc3C1O)CCn1c(=O)oc3c(OC(=O)OC)cccc3c1=O)C2=O. The Morgan fingerprint density at radius 2 is 1.26 bits per heavy atom. The molecule has 306 valence electrons. The van der Waals surface area contributed by atoms with Crippen LogP contribution in [0.5, 0.6) is 28.7 Å². The van der Waals surface area contributed by atoms with Crippen molar-refractivity contribution in [3.8, 4) is 28.7 Å². The summed E-state index contributed by atoms with van der Waals surface area (Å²) in [5.41, 5.74) is -1.07. The average Bonchev–Trinajstić information content (AvgIpc) is 3.20. The fourth-order valence-electron chi connectivity index (χ4n) is 5.98. The van der Waals surface area contributed by atoms with Crippen molar-refractivity contribution in [1.82, 2.24) is 19.3 Å². The molecule has 0 bridgehead atoms. The Balaban J connectivity index is 1.25. The number of hydrogen-bond acceptors (Lipinski definition) is 19. The smallest absolute Gasteiger partial charge is 0.442 e. The summed E-state index contributed by atoms with van der Waals surface area (Å²) >= 11 is 0. The number of amides is 2. The molecule has 0 fully saturated rings. The molecule has 22 nitrogen and oxygen atoms in total. The van der Waals surface area contributed by atoms with E-state index in [1.165, 1.54) is 54.6 Å². The minimum Gasteiger partial charge on any atom is -0.442 e. The quantitative estimate of drug-likeness (QED) is 0.118. The number of para-hydroxylation sites is 3. The first-order valence-corrected chi connectivity index (χ1v) is 17.1. The van der Waals surface area contributed by atoms with Crippen LogP contribution in [0.3, 0.4) is 0 Å². The van der Waals surface area contributed by atoms with Crippen LogP contribution < -0.4 is 35.0 Å². The fourth-order valence-corrected chi connectivity index (χ4v) is 5.98. The van der Waals surface area contributed by atoms with E-state index in [9.17, 15) is 43.8 Å². The molecule has 22 heteroatoms. The third-order valence-electron chi connectivity index (χ3n) is 8.86. The molecule has 2 aliphatic rings. The molecule has 4 aromatic rings. The Morgan fingerprint density at radius 1 is 0.707 bits per heavy atom. The highest BCUT2D eigenvalue weighted by Crippen LogP contribution is 2.40. The minimum absolute atomic E-state index is 0.0532. The highest BCUT2D eigenvalue weighted by Gasteiger charge is 2.37. The number of benzene rings is 3. The second-order valence-corrected chi connectivity index (χ2v) is 12.2. The van der Waals surface area contributed by atoms with Crippen LogP contribution in [-0.4, -0.2) is 120 Å². The molecule has 3 heterocycles. The van der Waals surface area contributed by atoms with Crippen molar-refractivity contribution in [3.05, 3.63) is 86.6 Å². The summed E-state index contributed by atoms with van der Waals surface area (Å²) in [7, 11) is 3.24. The standard InChI is InChI=1S/C36H34N4O18/c1-50-34(47)53-22-10-4-7-19-25(22)56-31(44)38(28(19)41)16-13-37(14-17-39-29(42)20-8-5-11-23(54-35(48)51-2)26(20)57-32(39)45)15-18-40-30(43)21-9-6-12-24(55-36(49)52-3)27(21)58-33(40)46/h4-12,28,32,41,45H,13-18H2,1-3H3. The average molecular weight is 811 g/mol. The van der Waals surface area contributed by atoms with E-state index in [2.05, 4.69) is 14.2 Å². The number of rotatable bonds is 12. The van der Waals surface area contributed by atoms with Gasteiger partial charge in [-0.25, -0.2) is 28.5 Å². The van der Waals surface area contributed by atoms with Crippen LogP contribution in [0, 0.1) is 0 Å². The van der Waals surface area contributed by atoms with Gasteiger partial charge in [0.1, 0.15) is 0 Å². The molecule has 0 spiro atoms. The van der Waals surface area contributed by atoms with Crippen molar-refractivity contribution < 1.29 is 76.5 Å². The van der Waals surface area contributed by atoms with Gasteiger partial charge in [-0.2, -0.15) is 0 Å². The Hall–Kier alpha value is -7.17. The predicted octanol–water partition coefficient (Wildman–Crippen LogP) is 2.01. The molecule has 0 aliphatic carbocycles. The van der Waals surface area contributed by atoms with E-state index in [-0.39, 0.29) is 90.1 Å². The van der Waals surface area contributed by atoms with E-state index in [4.69, 9.17) is 28.1 Å². The van der Waals surface area contributed by atoms with Crippen LogP contribution in [0.15, 0.2) is 68.6 Å². The lowest BCUT2D eigenvalue weighted by Gasteiger charge is -2.36. The van der Waals surface area contributed by atoms with Gasteiger partial charge in [-0.1, -0.05) is 24.3 Å². The van der Waals surface area contributed by atoms with E-state index in [0.29, 0.717) is 0 Å². The summed E-state index contributed by atoms with van der Waals surface area (Å²) in [6.45, 7) is -1.07. The van der Waals surface area contributed by atoms with Gasteiger partial charge in [0.05, 0.1) is 32.3 Å². The number of hydrogen-bond donors (Lipinski definition) is 2. The van der Waals surface area contributed by atoms with E-state index < -0.39 is 54.4 Å². The largest absolute Gasteiger partial charge is 0.513 e. The summed E-state index contributed by atoms with van der Waals surface area (Å²) < 4.78 is 45.7. The van der Waals surface area contributed by atoms with Crippen LogP contribution in [0.2, 0.25) is 0 Å². The number of carbonyl (C=O) groups excluding carboxylic acids is 5. The first kappa shape index (κ1) is 40.5. The van der Waals surface area contributed by atoms with E-state index >= 15 is 0 Å². The summed E-state index contributed by atoms with van der Waals surface area (Å²) in [5.74, 6) is -2.83. The second-order valence-electron chi connectivity index (χ2n) is 12.2. The maximum Gasteiger partial charge on any atom is 0.513 e. The Bertz CT molecular complexity index is 2370. The van der Waals surface area contributed by atoms with Crippen molar-refractivity contribution in [2.75, 3.05) is 54.1 Å². The molecule has 2 N–H and O–H groups in total. The van der Waals surface area contributed by atoms with E-state index in [0.717, 1.165) is 35.7 Å². The maximum absolute atomic E-state index is 13.6. The first-order chi connectivity index (χ1) is 27.8. The number of ether oxygens (including phenoxy) is 8. The molecule has 2 unspecified atom stereocenters. The lowest BCUT2D eigenvalue weighted by molar-refractivity contribution is -0.126. The lowest BCUT2D eigenvalue weighted by Crippen LogP contribution is -2.51. The van der Waals surface area contributed by atoms with Gasteiger partial charge in [0.15, 0.2) is 40.6 Å². The monoisotopic (exact) mass is 810 g/mol. The zero-order valence-corrected chi connectivity index (χ0v) is 30.8. The molecule has 58 heavy (non-hydrogen) atoms. The molecule has 2 amide bonds. The summed E-state index contributed by atoms with van der Waals surface area (Å²) in [6.07, 6.45) is -7.77. The van der Waals surface area contributed by atoms with Crippen LogP contribution >= 0.6 is 0 Å².